The number of benzene rings is 1. The lowest BCUT2D eigenvalue weighted by atomic mass is 10.0. The summed E-state index contributed by atoms with van der Waals surface area (Å²) in [6.07, 6.45) is 7.14. The highest BCUT2D eigenvalue weighted by molar-refractivity contribution is 7.22. The number of carbonyl (C=O) groups excluding carboxylic acids is 1. The molecule has 1 saturated heterocycles. The first-order valence-corrected chi connectivity index (χ1v) is 13.2. The lowest BCUT2D eigenvalue weighted by Crippen LogP contribution is -2.59. The van der Waals surface area contributed by atoms with Gasteiger partial charge < -0.3 is 25.2 Å². The lowest BCUT2D eigenvalue weighted by Gasteiger charge is -2.34. The first-order valence-electron chi connectivity index (χ1n) is 12.4. The van der Waals surface area contributed by atoms with E-state index >= 15 is 0 Å². The smallest absolute Gasteiger partial charge is 0.229 e. The number of ether oxygens (including phenoxy) is 2. The molecular weight excluding hydrogens is 485 g/mol. The van der Waals surface area contributed by atoms with Crippen LogP contribution >= 0.6 is 11.3 Å². The number of thiazole rings is 1. The number of nitrogens with zero attached hydrogens (tertiary/aromatic N) is 3. The van der Waals surface area contributed by atoms with Crippen LogP contribution in [0.2, 0.25) is 0 Å². The molecule has 3 aromatic rings. The molecule has 6 rings (SSSR count). The summed E-state index contributed by atoms with van der Waals surface area (Å²) in [4.78, 5) is 25.7. The van der Waals surface area contributed by atoms with Crippen LogP contribution in [-0.2, 0) is 16.1 Å². The molecule has 2 aromatic heterocycles. The molecule has 1 aromatic carbocycles. The fourth-order valence-corrected chi connectivity index (χ4v) is 5.46. The van der Waals surface area contributed by atoms with Crippen molar-refractivity contribution in [1.29, 1.82) is 0 Å². The van der Waals surface area contributed by atoms with Gasteiger partial charge in [-0.25, -0.2) is 19.3 Å². The summed E-state index contributed by atoms with van der Waals surface area (Å²) in [5.74, 6) is 1.07. The first-order chi connectivity index (χ1) is 17.5. The number of rotatable bonds is 9. The van der Waals surface area contributed by atoms with Crippen LogP contribution in [0.5, 0.6) is 5.75 Å². The van der Waals surface area contributed by atoms with Crippen molar-refractivity contribution in [3.05, 3.63) is 30.4 Å². The molecule has 0 spiro atoms. The second-order valence-corrected chi connectivity index (χ2v) is 10.9. The van der Waals surface area contributed by atoms with Gasteiger partial charge in [0.25, 0.3) is 0 Å². The Morgan fingerprint density at radius 3 is 2.69 bits per heavy atom. The topological polar surface area (TPSA) is 118 Å². The summed E-state index contributed by atoms with van der Waals surface area (Å²) in [5.41, 5.74) is 0.690. The van der Waals surface area contributed by atoms with Crippen molar-refractivity contribution in [2.75, 3.05) is 25.0 Å². The minimum Gasteiger partial charge on any atom is -0.488 e. The number of aliphatic hydroxyl groups is 1. The third-order valence-corrected chi connectivity index (χ3v) is 7.90. The Labute approximate surface area is 211 Å². The van der Waals surface area contributed by atoms with E-state index < -0.39 is 11.8 Å². The third kappa shape index (κ3) is 4.93. The van der Waals surface area contributed by atoms with E-state index in [4.69, 9.17) is 9.47 Å². The van der Waals surface area contributed by atoms with Crippen LogP contribution < -0.4 is 15.4 Å². The van der Waals surface area contributed by atoms with E-state index in [2.05, 4.69) is 25.6 Å². The van der Waals surface area contributed by atoms with Gasteiger partial charge in [-0.2, -0.15) is 0 Å². The Morgan fingerprint density at radius 1 is 1.22 bits per heavy atom. The molecular formula is C25H28FN5O4S. The molecule has 3 fully saturated rings. The Balaban J connectivity index is 1.26. The van der Waals surface area contributed by atoms with Crippen molar-refractivity contribution >= 4 is 32.6 Å². The van der Waals surface area contributed by atoms with Gasteiger partial charge in [0.2, 0.25) is 5.91 Å². The zero-order valence-corrected chi connectivity index (χ0v) is 20.5. The molecule has 2 saturated carbocycles. The maximum atomic E-state index is 14.8. The molecule has 190 valence electrons. The minimum atomic E-state index is -1.42. The molecule has 3 N–H and O–H groups in total. The maximum Gasteiger partial charge on any atom is 0.229 e. The van der Waals surface area contributed by atoms with E-state index in [1.165, 1.54) is 11.3 Å². The van der Waals surface area contributed by atoms with Gasteiger partial charge in [-0.15, -0.1) is 0 Å². The van der Waals surface area contributed by atoms with E-state index in [0.29, 0.717) is 27.8 Å². The van der Waals surface area contributed by atoms with Gasteiger partial charge in [-0.3, -0.25) is 4.79 Å². The minimum absolute atomic E-state index is 0.0173. The number of alkyl halides is 1. The molecule has 3 heterocycles. The number of amides is 1. The van der Waals surface area contributed by atoms with E-state index in [1.807, 2.05) is 12.1 Å². The highest BCUT2D eigenvalue weighted by Crippen LogP contribution is 2.42. The summed E-state index contributed by atoms with van der Waals surface area (Å²) < 4.78 is 27.4. The van der Waals surface area contributed by atoms with E-state index in [-0.39, 0.29) is 44.2 Å². The van der Waals surface area contributed by atoms with Crippen molar-refractivity contribution in [2.24, 2.45) is 5.92 Å². The molecule has 2 atom stereocenters. The van der Waals surface area contributed by atoms with Crippen molar-refractivity contribution in [3.63, 3.8) is 0 Å². The first kappa shape index (κ1) is 23.7. The number of carbonyl (C=O) groups is 1. The van der Waals surface area contributed by atoms with Crippen molar-refractivity contribution in [1.82, 2.24) is 20.3 Å². The highest BCUT2D eigenvalue weighted by Gasteiger charge is 2.38. The monoisotopic (exact) mass is 513 g/mol. The predicted octanol–water partition coefficient (Wildman–Crippen LogP) is 3.22. The fraction of sp³-hybridized carbons (Fsp3) is 0.520. The molecule has 11 heteroatoms. The molecule has 1 aliphatic heterocycles. The van der Waals surface area contributed by atoms with Gasteiger partial charge in [0.05, 0.1) is 22.4 Å². The number of aliphatic hydroxyl groups excluding tert-OH is 1. The second-order valence-electron chi connectivity index (χ2n) is 9.85. The van der Waals surface area contributed by atoms with Crippen molar-refractivity contribution in [2.45, 2.75) is 56.6 Å². The van der Waals surface area contributed by atoms with Crippen LogP contribution in [0.4, 0.5) is 9.52 Å². The number of fused-ring (bicyclic) bond motifs is 1. The number of anilines is 1. The standard InChI is InChI=1S/C25H28FN5O4S/c26-25(11-27-12-25)13-35-21-16(6-7-17-22(21)36-24(30-17)31-23(33)14-4-5-14)15-8-28-20(29-9-15)10-34-19-3-1-2-18(19)32/h6-9,14,18-19,27,32H,1-5,10-13H2,(H,30,31,33)/t18-,19-/m0/s1. The summed E-state index contributed by atoms with van der Waals surface area (Å²) in [7, 11) is 0. The van der Waals surface area contributed by atoms with E-state index in [0.717, 1.165) is 42.4 Å². The number of hydrogen-bond acceptors (Lipinski definition) is 9. The Morgan fingerprint density at radius 2 is 2.03 bits per heavy atom. The molecule has 1 amide bonds. The summed E-state index contributed by atoms with van der Waals surface area (Å²) in [5, 5.41) is 16.3. The van der Waals surface area contributed by atoms with Crippen molar-refractivity contribution < 1.29 is 23.8 Å². The highest BCUT2D eigenvalue weighted by atomic mass is 32.1. The van der Waals surface area contributed by atoms with Crippen LogP contribution in [0.25, 0.3) is 21.3 Å². The molecule has 3 aliphatic rings. The second kappa shape index (κ2) is 9.62. The number of aromatic nitrogens is 3. The largest absolute Gasteiger partial charge is 0.488 e. The van der Waals surface area contributed by atoms with Gasteiger partial charge >= 0.3 is 0 Å². The molecule has 0 radical (unpaired) electrons. The van der Waals surface area contributed by atoms with Crippen LogP contribution in [0, 0.1) is 5.92 Å². The lowest BCUT2D eigenvalue weighted by molar-refractivity contribution is -0.117. The van der Waals surface area contributed by atoms with E-state index in [9.17, 15) is 14.3 Å². The van der Waals surface area contributed by atoms with Crippen LogP contribution in [0.1, 0.15) is 37.9 Å². The van der Waals surface area contributed by atoms with Gasteiger partial charge in [0, 0.05) is 42.5 Å². The van der Waals surface area contributed by atoms with Crippen LogP contribution in [0.3, 0.4) is 0 Å². The summed E-state index contributed by atoms with van der Waals surface area (Å²) in [6, 6.07) is 3.72. The van der Waals surface area contributed by atoms with Gasteiger partial charge in [0.1, 0.15) is 19.0 Å². The summed E-state index contributed by atoms with van der Waals surface area (Å²) >= 11 is 1.32. The van der Waals surface area contributed by atoms with Crippen LogP contribution in [0.15, 0.2) is 24.5 Å². The van der Waals surface area contributed by atoms with Gasteiger partial charge in [0.15, 0.2) is 16.6 Å². The summed E-state index contributed by atoms with van der Waals surface area (Å²) in [6.45, 7) is 0.624. The SMILES string of the molecule is O=C(Nc1nc2ccc(-c3cnc(CO[C@H]4CCC[C@@H]4O)nc3)c(OCC3(F)CNC3)c2s1)C1CC1. The van der Waals surface area contributed by atoms with Gasteiger partial charge in [-0.05, 0) is 44.2 Å². The molecule has 0 bridgehead atoms. The normalized spacial score (nSPS) is 22.9. The average Bonchev–Trinajstić information content (AvgIpc) is 3.52. The predicted molar refractivity (Wildman–Crippen MR) is 133 cm³/mol. The number of nitrogens with one attached hydrogen (secondary N) is 2. The Kier molecular flexibility index (Phi) is 6.32. The average molecular weight is 514 g/mol. The van der Waals surface area contributed by atoms with Crippen LogP contribution in [-0.4, -0.2) is 63.5 Å². The molecule has 0 unspecified atom stereocenters. The van der Waals surface area contributed by atoms with Gasteiger partial charge in [-0.1, -0.05) is 11.3 Å². The number of halogens is 1. The third-order valence-electron chi connectivity index (χ3n) is 6.91. The number of hydrogen-bond donors (Lipinski definition) is 3. The molecule has 36 heavy (non-hydrogen) atoms. The Hall–Kier alpha value is -2.73. The van der Waals surface area contributed by atoms with Crippen molar-refractivity contribution in [3.8, 4) is 16.9 Å². The quantitative estimate of drug-likeness (QED) is 0.399. The zero-order valence-electron chi connectivity index (χ0n) is 19.7. The fourth-order valence-electron chi connectivity index (χ4n) is 4.50. The molecule has 2 aliphatic carbocycles. The maximum absolute atomic E-state index is 14.8. The van der Waals surface area contributed by atoms with E-state index in [1.54, 1.807) is 12.4 Å². The molecule has 9 nitrogen and oxygen atoms in total. The Bertz CT molecular complexity index is 1260. The zero-order chi connectivity index (χ0) is 24.7.